The Morgan fingerprint density at radius 2 is 2.19 bits per heavy atom. The molecule has 0 bridgehead atoms. The molecule has 0 N–H and O–H groups in total. The molecule has 2 amide bonds. The molecule has 1 atom stereocenters. The van der Waals surface area contributed by atoms with Crippen molar-refractivity contribution < 1.29 is 23.1 Å². The van der Waals surface area contributed by atoms with Crippen LogP contribution in [-0.2, 0) is 11.4 Å². The van der Waals surface area contributed by atoms with Crippen molar-refractivity contribution in [3.63, 3.8) is 0 Å². The summed E-state index contributed by atoms with van der Waals surface area (Å²) in [6, 6.07) is 5.18. The van der Waals surface area contributed by atoms with Gasteiger partial charge in [-0.05, 0) is 18.1 Å². The number of amides is 2. The Balaban J connectivity index is 1.69. The summed E-state index contributed by atoms with van der Waals surface area (Å²) in [6.45, 7) is 4.69. The van der Waals surface area contributed by atoms with Crippen molar-refractivity contribution in [2.45, 2.75) is 26.5 Å². The van der Waals surface area contributed by atoms with Crippen LogP contribution in [-0.4, -0.2) is 52.8 Å². The number of rotatable bonds is 5. The third-order valence-electron chi connectivity index (χ3n) is 4.46. The number of hydrogen-bond acceptors (Lipinski definition) is 5. The van der Waals surface area contributed by atoms with E-state index < -0.39 is 11.9 Å². The topological polar surface area (TPSA) is 75.9 Å². The van der Waals surface area contributed by atoms with E-state index in [4.69, 9.17) is 9.15 Å². The van der Waals surface area contributed by atoms with Gasteiger partial charge in [-0.15, -0.1) is 0 Å². The largest absolute Gasteiger partial charge is 0.484 e. The van der Waals surface area contributed by atoms with E-state index in [1.807, 2.05) is 13.8 Å². The zero-order chi connectivity index (χ0) is 19.6. The van der Waals surface area contributed by atoms with Crippen LogP contribution >= 0.6 is 0 Å². The van der Waals surface area contributed by atoms with E-state index in [9.17, 15) is 14.0 Å². The molecule has 1 aliphatic rings. The van der Waals surface area contributed by atoms with Crippen LogP contribution in [0.2, 0.25) is 0 Å². The molecule has 1 aromatic carbocycles. The monoisotopic (exact) mass is 375 g/mol. The van der Waals surface area contributed by atoms with E-state index in [2.05, 4.69) is 4.98 Å². The molecule has 1 unspecified atom stereocenters. The van der Waals surface area contributed by atoms with Crippen LogP contribution in [0.1, 0.15) is 30.2 Å². The maximum atomic E-state index is 13.2. The molecule has 2 aromatic rings. The first kappa shape index (κ1) is 18.9. The summed E-state index contributed by atoms with van der Waals surface area (Å²) in [5, 5.41) is 0. The minimum Gasteiger partial charge on any atom is -0.484 e. The summed E-state index contributed by atoms with van der Waals surface area (Å²) >= 11 is 0. The van der Waals surface area contributed by atoms with E-state index in [0.717, 1.165) is 0 Å². The van der Waals surface area contributed by atoms with Gasteiger partial charge in [-0.25, -0.2) is 9.37 Å². The summed E-state index contributed by atoms with van der Waals surface area (Å²) < 4.78 is 23.9. The van der Waals surface area contributed by atoms with Gasteiger partial charge >= 0.3 is 0 Å². The minimum absolute atomic E-state index is 0.0214. The zero-order valence-electron chi connectivity index (χ0n) is 15.5. The van der Waals surface area contributed by atoms with Crippen molar-refractivity contribution in [2.75, 3.05) is 20.1 Å². The molecule has 0 saturated carbocycles. The summed E-state index contributed by atoms with van der Waals surface area (Å²) in [7, 11) is 1.73. The van der Waals surface area contributed by atoms with Crippen LogP contribution in [0, 0.1) is 11.7 Å². The highest BCUT2D eigenvalue weighted by Gasteiger charge is 2.39. The number of carbonyl (C=O) groups excluding carboxylic acids is 2. The van der Waals surface area contributed by atoms with Gasteiger partial charge in [-0.3, -0.25) is 9.59 Å². The van der Waals surface area contributed by atoms with Crippen molar-refractivity contribution in [1.29, 1.82) is 0 Å². The average molecular weight is 375 g/mol. The van der Waals surface area contributed by atoms with E-state index in [-0.39, 0.29) is 35.9 Å². The smallest absolute Gasteiger partial charge is 0.276 e. The van der Waals surface area contributed by atoms with Gasteiger partial charge in [0.2, 0.25) is 11.8 Å². The number of aromatic nitrogens is 1. The standard InChI is InChI=1S/C19H22FN3O4/c1-12(2)17-19(25)22(3)7-8-23(17)18(24)15-10-27-16(21-15)11-26-14-6-4-5-13(20)9-14/h4-6,9-10,12,17H,7-8,11H2,1-3H3. The zero-order valence-corrected chi connectivity index (χ0v) is 15.5. The lowest BCUT2D eigenvalue weighted by atomic mass is 9.98. The molecule has 1 fully saturated rings. The number of carbonyl (C=O) groups is 2. The SMILES string of the molecule is CC(C)C1C(=O)N(C)CCN1C(=O)c1coc(COc2cccc(F)c2)n1. The van der Waals surface area contributed by atoms with Gasteiger partial charge in [0.15, 0.2) is 12.3 Å². The highest BCUT2D eigenvalue weighted by molar-refractivity contribution is 5.96. The quantitative estimate of drug-likeness (QED) is 0.802. The van der Waals surface area contributed by atoms with E-state index in [1.165, 1.54) is 24.5 Å². The Hall–Kier alpha value is -2.90. The molecule has 2 heterocycles. The Kier molecular flexibility index (Phi) is 5.43. The third-order valence-corrected chi connectivity index (χ3v) is 4.46. The maximum Gasteiger partial charge on any atom is 0.276 e. The van der Waals surface area contributed by atoms with Gasteiger partial charge in [0.1, 0.15) is 23.9 Å². The van der Waals surface area contributed by atoms with Crippen molar-refractivity contribution in [1.82, 2.24) is 14.8 Å². The van der Waals surface area contributed by atoms with Crippen molar-refractivity contribution >= 4 is 11.8 Å². The Morgan fingerprint density at radius 3 is 2.89 bits per heavy atom. The first-order chi connectivity index (χ1) is 12.9. The summed E-state index contributed by atoms with van der Waals surface area (Å²) in [6.07, 6.45) is 1.26. The highest BCUT2D eigenvalue weighted by atomic mass is 19.1. The lowest BCUT2D eigenvalue weighted by Gasteiger charge is -2.40. The van der Waals surface area contributed by atoms with Gasteiger partial charge in [-0.1, -0.05) is 19.9 Å². The van der Waals surface area contributed by atoms with Crippen LogP contribution in [0.4, 0.5) is 4.39 Å². The highest BCUT2D eigenvalue weighted by Crippen LogP contribution is 2.21. The number of ether oxygens (including phenoxy) is 1. The summed E-state index contributed by atoms with van der Waals surface area (Å²) in [5.41, 5.74) is 0.121. The number of likely N-dealkylation sites (N-methyl/N-ethyl adjacent to an activating group) is 1. The van der Waals surface area contributed by atoms with Crippen LogP contribution in [0.5, 0.6) is 5.75 Å². The molecule has 1 aliphatic heterocycles. The molecule has 1 aromatic heterocycles. The van der Waals surface area contributed by atoms with Crippen molar-refractivity contribution in [2.24, 2.45) is 5.92 Å². The third kappa shape index (κ3) is 4.10. The molecule has 7 nitrogen and oxygen atoms in total. The number of nitrogens with zero attached hydrogens (tertiary/aromatic N) is 3. The summed E-state index contributed by atoms with van der Waals surface area (Å²) in [5.74, 6) is -0.324. The van der Waals surface area contributed by atoms with Crippen LogP contribution in [0.25, 0.3) is 0 Å². The second kappa shape index (κ2) is 7.77. The minimum atomic E-state index is -0.528. The predicted molar refractivity (Wildman–Crippen MR) is 94.5 cm³/mol. The van der Waals surface area contributed by atoms with Gasteiger partial charge < -0.3 is 19.0 Å². The molecule has 3 rings (SSSR count). The number of halogens is 1. The molecular weight excluding hydrogens is 353 g/mol. The number of benzene rings is 1. The normalized spacial score (nSPS) is 17.5. The molecular formula is C19H22FN3O4. The van der Waals surface area contributed by atoms with Gasteiger partial charge in [0.25, 0.3) is 5.91 Å². The molecule has 0 radical (unpaired) electrons. The predicted octanol–water partition coefficient (Wildman–Crippen LogP) is 2.33. The first-order valence-electron chi connectivity index (χ1n) is 8.75. The Labute approximate surface area is 156 Å². The van der Waals surface area contributed by atoms with E-state index in [1.54, 1.807) is 22.9 Å². The molecule has 0 spiro atoms. The van der Waals surface area contributed by atoms with Gasteiger partial charge in [0, 0.05) is 26.2 Å². The summed E-state index contributed by atoms with van der Waals surface area (Å²) in [4.78, 5) is 32.6. The van der Waals surface area contributed by atoms with Gasteiger partial charge in [0.05, 0.1) is 0 Å². The lowest BCUT2D eigenvalue weighted by molar-refractivity contribution is -0.140. The van der Waals surface area contributed by atoms with E-state index in [0.29, 0.717) is 18.8 Å². The first-order valence-corrected chi connectivity index (χ1v) is 8.75. The maximum absolute atomic E-state index is 13.2. The number of oxazole rings is 1. The van der Waals surface area contributed by atoms with Crippen LogP contribution < -0.4 is 4.74 Å². The second-order valence-electron chi connectivity index (χ2n) is 6.82. The van der Waals surface area contributed by atoms with Crippen molar-refractivity contribution in [3.05, 3.63) is 47.9 Å². The second-order valence-corrected chi connectivity index (χ2v) is 6.82. The average Bonchev–Trinajstić information content (AvgIpc) is 3.10. The molecule has 144 valence electrons. The Morgan fingerprint density at radius 1 is 1.41 bits per heavy atom. The fraction of sp³-hybridized carbons (Fsp3) is 0.421. The molecule has 0 aliphatic carbocycles. The molecule has 8 heteroatoms. The number of piperazine rings is 1. The van der Waals surface area contributed by atoms with E-state index >= 15 is 0 Å². The van der Waals surface area contributed by atoms with Crippen molar-refractivity contribution in [3.8, 4) is 5.75 Å². The lowest BCUT2D eigenvalue weighted by Crippen LogP contribution is -2.59. The van der Waals surface area contributed by atoms with Crippen LogP contribution in [0.15, 0.2) is 34.9 Å². The molecule has 27 heavy (non-hydrogen) atoms. The fourth-order valence-corrected chi connectivity index (χ4v) is 3.06. The molecule has 1 saturated heterocycles. The van der Waals surface area contributed by atoms with Crippen LogP contribution in [0.3, 0.4) is 0 Å². The number of hydrogen-bond donors (Lipinski definition) is 0. The fourth-order valence-electron chi connectivity index (χ4n) is 3.06. The Bertz CT molecular complexity index is 836. The van der Waals surface area contributed by atoms with Gasteiger partial charge in [-0.2, -0.15) is 0 Å².